The molecule has 0 bridgehead atoms. The van der Waals surface area contributed by atoms with Crippen LogP contribution >= 0.6 is 0 Å². The molecule has 5 nitrogen and oxygen atoms in total. The Morgan fingerprint density at radius 3 is 2.57 bits per heavy atom. The highest BCUT2D eigenvalue weighted by Crippen LogP contribution is 2.23. The van der Waals surface area contributed by atoms with Crippen molar-refractivity contribution < 1.29 is 4.79 Å². The van der Waals surface area contributed by atoms with Crippen LogP contribution in [0.3, 0.4) is 0 Å². The number of aryl methyl sites for hydroxylation is 1. The van der Waals surface area contributed by atoms with Gasteiger partial charge in [-0.05, 0) is 25.3 Å². The summed E-state index contributed by atoms with van der Waals surface area (Å²) >= 11 is 0. The summed E-state index contributed by atoms with van der Waals surface area (Å²) in [5, 5.41) is 7.07. The molecule has 0 unspecified atom stereocenters. The fourth-order valence-electron chi connectivity index (χ4n) is 3.55. The number of amides is 1. The number of piperazine rings is 1. The number of hydrogen-bond donors (Lipinski definition) is 1. The third-order valence-electron chi connectivity index (χ3n) is 4.92. The second-order valence-corrected chi connectivity index (χ2v) is 6.25. The van der Waals surface area contributed by atoms with E-state index < -0.39 is 0 Å². The van der Waals surface area contributed by atoms with E-state index >= 15 is 0 Å². The lowest BCUT2D eigenvalue weighted by atomic mass is 9.94. The van der Waals surface area contributed by atoms with Crippen molar-refractivity contribution in [3.05, 3.63) is 17.5 Å². The average molecular weight is 290 g/mol. The molecule has 0 spiro atoms. The minimum absolute atomic E-state index is 0.0780. The Morgan fingerprint density at radius 1 is 1.24 bits per heavy atom. The second-order valence-electron chi connectivity index (χ2n) is 6.25. The number of nitrogens with one attached hydrogen (secondary N) is 1. The van der Waals surface area contributed by atoms with Crippen molar-refractivity contribution in [1.29, 1.82) is 0 Å². The molecule has 2 aliphatic rings. The van der Waals surface area contributed by atoms with Crippen LogP contribution in [0.1, 0.15) is 55.2 Å². The van der Waals surface area contributed by atoms with E-state index in [9.17, 15) is 4.79 Å². The molecule has 0 radical (unpaired) electrons. The third kappa shape index (κ3) is 3.28. The van der Waals surface area contributed by atoms with Crippen molar-refractivity contribution in [2.24, 2.45) is 0 Å². The quantitative estimate of drug-likeness (QED) is 0.927. The Hall–Kier alpha value is -1.36. The molecule has 1 saturated heterocycles. The van der Waals surface area contributed by atoms with E-state index in [0.29, 0.717) is 5.69 Å². The van der Waals surface area contributed by atoms with E-state index in [1.807, 2.05) is 11.0 Å². The highest BCUT2D eigenvalue weighted by atomic mass is 16.2. The van der Waals surface area contributed by atoms with E-state index in [1.165, 1.54) is 32.1 Å². The van der Waals surface area contributed by atoms with Gasteiger partial charge in [-0.2, -0.15) is 5.10 Å². The van der Waals surface area contributed by atoms with Gasteiger partial charge in [0, 0.05) is 37.9 Å². The maximum Gasteiger partial charge on any atom is 0.274 e. The van der Waals surface area contributed by atoms with Gasteiger partial charge < -0.3 is 4.90 Å². The number of carbonyl (C=O) groups is 1. The summed E-state index contributed by atoms with van der Waals surface area (Å²) in [7, 11) is 0. The Kier molecular flexibility index (Phi) is 4.58. The summed E-state index contributed by atoms with van der Waals surface area (Å²) in [5.41, 5.74) is 1.59. The standard InChI is InChI=1S/C16H26N4O/c1-2-13-12-15(18-17-13)16(21)20-10-8-19(9-11-20)14-6-4-3-5-7-14/h12,14H,2-11H2,1H3,(H,17,18). The maximum absolute atomic E-state index is 12.4. The summed E-state index contributed by atoms with van der Waals surface area (Å²) in [6.45, 7) is 5.76. The second kappa shape index (κ2) is 6.60. The van der Waals surface area contributed by atoms with Gasteiger partial charge in [-0.25, -0.2) is 0 Å². The number of aromatic nitrogens is 2. The van der Waals surface area contributed by atoms with Gasteiger partial charge in [-0.3, -0.25) is 14.8 Å². The van der Waals surface area contributed by atoms with Crippen molar-refractivity contribution in [3.8, 4) is 0 Å². The molecule has 1 N–H and O–H groups in total. The predicted molar refractivity (Wildman–Crippen MR) is 82.3 cm³/mol. The van der Waals surface area contributed by atoms with Crippen LogP contribution in [0.25, 0.3) is 0 Å². The Morgan fingerprint density at radius 2 is 1.95 bits per heavy atom. The van der Waals surface area contributed by atoms with Crippen LogP contribution < -0.4 is 0 Å². The number of rotatable bonds is 3. The summed E-state index contributed by atoms with van der Waals surface area (Å²) < 4.78 is 0. The van der Waals surface area contributed by atoms with Gasteiger partial charge in [0.25, 0.3) is 5.91 Å². The molecule has 21 heavy (non-hydrogen) atoms. The van der Waals surface area contributed by atoms with Crippen molar-refractivity contribution in [2.45, 2.75) is 51.5 Å². The van der Waals surface area contributed by atoms with Crippen LogP contribution in [0.2, 0.25) is 0 Å². The van der Waals surface area contributed by atoms with Gasteiger partial charge in [0.2, 0.25) is 0 Å². The predicted octanol–water partition coefficient (Wildman–Crippen LogP) is 2.06. The average Bonchev–Trinajstić information content (AvgIpc) is 3.04. The Labute approximate surface area is 126 Å². The van der Waals surface area contributed by atoms with Gasteiger partial charge in [0.15, 0.2) is 0 Å². The highest BCUT2D eigenvalue weighted by molar-refractivity contribution is 5.92. The number of nitrogens with zero attached hydrogens (tertiary/aromatic N) is 3. The molecule has 116 valence electrons. The summed E-state index contributed by atoms with van der Waals surface area (Å²) in [5.74, 6) is 0.0780. The lowest BCUT2D eigenvalue weighted by Crippen LogP contribution is -2.52. The molecule has 1 aliphatic heterocycles. The van der Waals surface area contributed by atoms with Crippen LogP contribution in [0.15, 0.2) is 6.07 Å². The summed E-state index contributed by atoms with van der Waals surface area (Å²) in [6.07, 6.45) is 7.71. The fourth-order valence-corrected chi connectivity index (χ4v) is 3.55. The van der Waals surface area contributed by atoms with E-state index in [-0.39, 0.29) is 5.91 Å². The van der Waals surface area contributed by atoms with E-state index in [2.05, 4.69) is 22.0 Å². The van der Waals surface area contributed by atoms with Gasteiger partial charge in [-0.1, -0.05) is 26.2 Å². The SMILES string of the molecule is CCc1cc(C(=O)N2CCN(C3CCCCC3)CC2)n[nH]1. The molecule has 5 heteroatoms. The minimum atomic E-state index is 0.0780. The van der Waals surface area contributed by atoms with Crippen LogP contribution in [0.5, 0.6) is 0 Å². The third-order valence-corrected chi connectivity index (χ3v) is 4.92. The lowest BCUT2D eigenvalue weighted by molar-refractivity contribution is 0.0518. The highest BCUT2D eigenvalue weighted by Gasteiger charge is 2.28. The van der Waals surface area contributed by atoms with Crippen molar-refractivity contribution in [3.63, 3.8) is 0 Å². The molecular weight excluding hydrogens is 264 g/mol. The molecule has 1 saturated carbocycles. The zero-order valence-electron chi connectivity index (χ0n) is 13.0. The van der Waals surface area contributed by atoms with Crippen LogP contribution in [-0.4, -0.2) is 58.1 Å². The van der Waals surface area contributed by atoms with E-state index in [4.69, 9.17) is 0 Å². The zero-order valence-corrected chi connectivity index (χ0v) is 13.0. The van der Waals surface area contributed by atoms with Crippen LogP contribution in [0.4, 0.5) is 0 Å². The first-order chi connectivity index (χ1) is 10.3. The van der Waals surface area contributed by atoms with Gasteiger partial charge in [0.1, 0.15) is 5.69 Å². The first kappa shape index (κ1) is 14.6. The molecule has 2 fully saturated rings. The lowest BCUT2D eigenvalue weighted by Gasteiger charge is -2.40. The van der Waals surface area contributed by atoms with E-state index in [0.717, 1.165) is 44.3 Å². The molecular formula is C16H26N4O. The molecule has 1 aromatic heterocycles. The van der Waals surface area contributed by atoms with Crippen molar-refractivity contribution >= 4 is 5.91 Å². The Bertz CT molecular complexity index is 470. The van der Waals surface area contributed by atoms with Gasteiger partial charge >= 0.3 is 0 Å². The molecule has 0 atom stereocenters. The number of hydrogen-bond acceptors (Lipinski definition) is 3. The van der Waals surface area contributed by atoms with Gasteiger partial charge in [0.05, 0.1) is 0 Å². The number of carbonyl (C=O) groups excluding carboxylic acids is 1. The normalized spacial score (nSPS) is 21.7. The monoisotopic (exact) mass is 290 g/mol. The zero-order chi connectivity index (χ0) is 14.7. The minimum Gasteiger partial charge on any atom is -0.335 e. The topological polar surface area (TPSA) is 52.2 Å². The largest absolute Gasteiger partial charge is 0.335 e. The summed E-state index contributed by atoms with van der Waals surface area (Å²) in [4.78, 5) is 17.0. The van der Waals surface area contributed by atoms with Crippen molar-refractivity contribution in [1.82, 2.24) is 20.0 Å². The molecule has 3 rings (SSSR count). The van der Waals surface area contributed by atoms with Crippen LogP contribution in [-0.2, 0) is 6.42 Å². The fraction of sp³-hybridized carbons (Fsp3) is 0.750. The molecule has 2 heterocycles. The summed E-state index contributed by atoms with van der Waals surface area (Å²) in [6, 6.07) is 2.64. The molecule has 1 amide bonds. The van der Waals surface area contributed by atoms with Crippen molar-refractivity contribution in [2.75, 3.05) is 26.2 Å². The van der Waals surface area contributed by atoms with E-state index in [1.54, 1.807) is 0 Å². The number of H-pyrrole nitrogens is 1. The Balaban J connectivity index is 1.53. The molecule has 0 aromatic carbocycles. The number of aromatic amines is 1. The first-order valence-corrected chi connectivity index (χ1v) is 8.35. The van der Waals surface area contributed by atoms with Gasteiger partial charge in [-0.15, -0.1) is 0 Å². The molecule has 1 aliphatic carbocycles. The molecule has 1 aromatic rings. The maximum atomic E-state index is 12.4. The smallest absolute Gasteiger partial charge is 0.274 e. The first-order valence-electron chi connectivity index (χ1n) is 8.35. The van der Waals surface area contributed by atoms with Crippen LogP contribution in [0, 0.1) is 0 Å².